The van der Waals surface area contributed by atoms with Crippen LogP contribution in [0.4, 0.5) is 11.5 Å². The number of pyridine rings is 1. The number of hydrogen-bond donors (Lipinski definition) is 2. The Hall–Kier alpha value is -2.71. The van der Waals surface area contributed by atoms with Gasteiger partial charge in [0, 0.05) is 56.6 Å². The average molecular weight is 496 g/mol. The fraction of sp³-hybridized carbons (Fsp3) is 0.607. The van der Waals surface area contributed by atoms with Crippen LogP contribution in [0.25, 0.3) is 10.9 Å². The highest BCUT2D eigenvalue weighted by Crippen LogP contribution is 2.29. The van der Waals surface area contributed by atoms with Crippen LogP contribution in [0.5, 0.6) is 0 Å². The van der Waals surface area contributed by atoms with Gasteiger partial charge in [0.25, 0.3) is 0 Å². The van der Waals surface area contributed by atoms with Crippen LogP contribution in [0.3, 0.4) is 0 Å². The standard InChI is InChI=1S/C28H41N5O3/c1-20-15-21(2)19-33(18-20)26-16-22(3)24-17-23(5-6-25(24)31-26)30-28(35)8-7-27(34)29-9-4-10-32-11-13-36-14-12-32/h5-6,16-17,20-21H,4,7-15,18-19H2,1-3H3,(H,29,34)(H,30,35)/t20-,21-/m0/s1. The number of nitrogens with zero attached hydrogens (tertiary/aromatic N) is 3. The molecule has 2 atom stereocenters. The van der Waals surface area contributed by atoms with Crippen LogP contribution >= 0.6 is 0 Å². The maximum atomic E-state index is 12.5. The molecule has 0 spiro atoms. The zero-order valence-corrected chi connectivity index (χ0v) is 22.0. The van der Waals surface area contributed by atoms with Crippen molar-refractivity contribution in [3.63, 3.8) is 0 Å². The number of amides is 2. The summed E-state index contributed by atoms with van der Waals surface area (Å²) in [7, 11) is 0. The number of morpholine rings is 1. The summed E-state index contributed by atoms with van der Waals surface area (Å²) in [4.78, 5) is 34.3. The number of aromatic nitrogens is 1. The first-order valence-corrected chi connectivity index (χ1v) is 13.4. The quantitative estimate of drug-likeness (QED) is 0.517. The fourth-order valence-corrected chi connectivity index (χ4v) is 5.36. The van der Waals surface area contributed by atoms with Crippen molar-refractivity contribution in [2.75, 3.05) is 62.7 Å². The molecule has 3 heterocycles. The van der Waals surface area contributed by atoms with Gasteiger partial charge < -0.3 is 20.3 Å². The van der Waals surface area contributed by atoms with Crippen molar-refractivity contribution in [2.24, 2.45) is 11.8 Å². The monoisotopic (exact) mass is 495 g/mol. The maximum Gasteiger partial charge on any atom is 0.224 e. The Morgan fingerprint density at radius 1 is 1.06 bits per heavy atom. The van der Waals surface area contributed by atoms with Gasteiger partial charge in [0.2, 0.25) is 11.8 Å². The van der Waals surface area contributed by atoms with Crippen molar-refractivity contribution in [1.29, 1.82) is 0 Å². The minimum absolute atomic E-state index is 0.0837. The first-order chi connectivity index (χ1) is 17.4. The molecule has 0 aliphatic carbocycles. The largest absolute Gasteiger partial charge is 0.379 e. The zero-order valence-electron chi connectivity index (χ0n) is 22.0. The Kier molecular flexibility index (Phi) is 9.15. The van der Waals surface area contributed by atoms with Crippen molar-refractivity contribution in [2.45, 2.75) is 46.5 Å². The van der Waals surface area contributed by atoms with Crippen LogP contribution in [0.1, 0.15) is 45.1 Å². The Labute approximate surface area is 214 Å². The molecular formula is C28H41N5O3. The third-order valence-corrected chi connectivity index (χ3v) is 7.13. The lowest BCUT2D eigenvalue weighted by atomic mass is 9.92. The van der Waals surface area contributed by atoms with Gasteiger partial charge in [-0.3, -0.25) is 14.5 Å². The van der Waals surface area contributed by atoms with E-state index in [9.17, 15) is 9.59 Å². The van der Waals surface area contributed by atoms with Crippen LogP contribution < -0.4 is 15.5 Å². The summed E-state index contributed by atoms with van der Waals surface area (Å²) in [5.74, 6) is 2.13. The van der Waals surface area contributed by atoms with Crippen molar-refractivity contribution < 1.29 is 14.3 Å². The molecule has 1 aromatic heterocycles. The van der Waals surface area contributed by atoms with Crippen LogP contribution in [-0.2, 0) is 14.3 Å². The lowest BCUT2D eigenvalue weighted by Gasteiger charge is -2.36. The van der Waals surface area contributed by atoms with Gasteiger partial charge >= 0.3 is 0 Å². The van der Waals surface area contributed by atoms with Gasteiger partial charge in [0.1, 0.15) is 5.82 Å². The number of hydrogen-bond acceptors (Lipinski definition) is 6. The molecule has 8 heteroatoms. The molecule has 2 saturated heterocycles. The number of fused-ring (bicyclic) bond motifs is 1. The second-order valence-corrected chi connectivity index (χ2v) is 10.6. The molecule has 2 fully saturated rings. The first kappa shape index (κ1) is 26.4. The molecule has 0 saturated carbocycles. The molecule has 2 aliphatic heterocycles. The third kappa shape index (κ3) is 7.40. The number of anilines is 2. The topological polar surface area (TPSA) is 86.8 Å². The second kappa shape index (κ2) is 12.5. The van der Waals surface area contributed by atoms with Gasteiger partial charge in [0.05, 0.1) is 18.7 Å². The fourth-order valence-electron chi connectivity index (χ4n) is 5.36. The van der Waals surface area contributed by atoms with E-state index in [1.807, 2.05) is 18.2 Å². The van der Waals surface area contributed by atoms with Gasteiger partial charge in [-0.1, -0.05) is 13.8 Å². The van der Waals surface area contributed by atoms with E-state index in [2.05, 4.69) is 47.3 Å². The molecule has 0 unspecified atom stereocenters. The van der Waals surface area contributed by atoms with Crippen molar-refractivity contribution in [3.05, 3.63) is 29.8 Å². The molecule has 2 N–H and O–H groups in total. The number of benzene rings is 1. The van der Waals surface area contributed by atoms with Gasteiger partial charge in [-0.2, -0.15) is 0 Å². The zero-order chi connectivity index (χ0) is 25.5. The molecular weight excluding hydrogens is 454 g/mol. The molecule has 0 bridgehead atoms. The first-order valence-electron chi connectivity index (χ1n) is 13.4. The third-order valence-electron chi connectivity index (χ3n) is 7.13. The Morgan fingerprint density at radius 3 is 2.53 bits per heavy atom. The molecule has 8 nitrogen and oxygen atoms in total. The van der Waals surface area contributed by atoms with Crippen molar-refractivity contribution in [3.8, 4) is 0 Å². The van der Waals surface area contributed by atoms with Crippen LogP contribution in [0.15, 0.2) is 24.3 Å². The van der Waals surface area contributed by atoms with E-state index in [0.29, 0.717) is 18.4 Å². The van der Waals surface area contributed by atoms with Gasteiger partial charge in [-0.25, -0.2) is 4.98 Å². The Morgan fingerprint density at radius 2 is 1.78 bits per heavy atom. The van der Waals surface area contributed by atoms with Crippen LogP contribution in [0.2, 0.25) is 0 Å². The van der Waals surface area contributed by atoms with E-state index in [4.69, 9.17) is 9.72 Å². The number of carbonyl (C=O) groups excluding carboxylic acids is 2. The van der Waals surface area contributed by atoms with E-state index >= 15 is 0 Å². The molecule has 2 amide bonds. The smallest absolute Gasteiger partial charge is 0.224 e. The molecule has 196 valence electrons. The van der Waals surface area contributed by atoms with Gasteiger partial charge in [0.15, 0.2) is 0 Å². The minimum atomic E-state index is -0.156. The van der Waals surface area contributed by atoms with Gasteiger partial charge in [-0.05, 0) is 68.0 Å². The van der Waals surface area contributed by atoms with E-state index in [1.54, 1.807) is 0 Å². The second-order valence-electron chi connectivity index (χ2n) is 10.6. The predicted molar refractivity (Wildman–Crippen MR) is 144 cm³/mol. The molecule has 0 radical (unpaired) electrons. The molecule has 2 aliphatic rings. The lowest BCUT2D eigenvalue weighted by Crippen LogP contribution is -2.39. The summed E-state index contributed by atoms with van der Waals surface area (Å²) in [6.07, 6.45) is 2.52. The highest BCUT2D eigenvalue weighted by Gasteiger charge is 2.23. The Bertz CT molecular complexity index is 1040. The van der Waals surface area contributed by atoms with Crippen LogP contribution in [-0.4, -0.2) is 74.2 Å². The summed E-state index contributed by atoms with van der Waals surface area (Å²) >= 11 is 0. The number of piperidine rings is 1. The van der Waals surface area contributed by atoms with E-state index in [1.165, 1.54) is 6.42 Å². The molecule has 2 aromatic rings. The number of carbonyl (C=O) groups is 2. The summed E-state index contributed by atoms with van der Waals surface area (Å²) in [5.41, 5.74) is 2.81. The Balaban J connectivity index is 1.24. The van der Waals surface area contributed by atoms with Crippen molar-refractivity contribution >= 4 is 34.2 Å². The molecule has 4 rings (SSSR count). The number of aryl methyl sites for hydroxylation is 1. The number of ether oxygens (including phenoxy) is 1. The predicted octanol–water partition coefficient (Wildman–Crippen LogP) is 3.58. The van der Waals surface area contributed by atoms with Crippen molar-refractivity contribution in [1.82, 2.24) is 15.2 Å². The highest BCUT2D eigenvalue weighted by molar-refractivity contribution is 5.96. The molecule has 1 aromatic carbocycles. The van der Waals surface area contributed by atoms with Crippen LogP contribution in [0, 0.1) is 18.8 Å². The maximum absolute atomic E-state index is 12.5. The van der Waals surface area contributed by atoms with E-state index in [-0.39, 0.29) is 24.7 Å². The summed E-state index contributed by atoms with van der Waals surface area (Å²) in [6, 6.07) is 8.00. The average Bonchev–Trinajstić information content (AvgIpc) is 2.86. The minimum Gasteiger partial charge on any atom is -0.379 e. The summed E-state index contributed by atoms with van der Waals surface area (Å²) in [6.45, 7) is 13.9. The summed E-state index contributed by atoms with van der Waals surface area (Å²) in [5, 5.41) is 6.90. The SMILES string of the molecule is Cc1cc(N2C[C@@H](C)C[C@H](C)C2)nc2ccc(NC(=O)CCC(=O)NCCCN3CCOCC3)cc12. The highest BCUT2D eigenvalue weighted by atomic mass is 16.5. The number of rotatable bonds is 9. The van der Waals surface area contributed by atoms with E-state index in [0.717, 1.165) is 80.3 Å². The lowest BCUT2D eigenvalue weighted by molar-refractivity contribution is -0.124. The summed E-state index contributed by atoms with van der Waals surface area (Å²) < 4.78 is 5.35. The van der Waals surface area contributed by atoms with Gasteiger partial charge in [-0.15, -0.1) is 0 Å². The number of nitrogens with one attached hydrogen (secondary N) is 2. The molecule has 36 heavy (non-hydrogen) atoms. The van der Waals surface area contributed by atoms with E-state index < -0.39 is 0 Å². The normalized spacial score (nSPS) is 20.9.